The number of aromatic nitrogens is 2. The highest BCUT2D eigenvalue weighted by atomic mass is 31.2. The molecule has 10 N–H and O–H groups in total. The summed E-state index contributed by atoms with van der Waals surface area (Å²) < 4.78 is 26.7. The molecule has 2 rings (SSSR count). The Morgan fingerprint density at radius 1 is 1.08 bits per heavy atom. The molecule has 0 aromatic carbocycles. The second-order valence-electron chi connectivity index (χ2n) is 12.9. The van der Waals surface area contributed by atoms with Crippen molar-refractivity contribution in [1.29, 1.82) is 0 Å². The van der Waals surface area contributed by atoms with Gasteiger partial charge in [-0.1, -0.05) is 13.8 Å². The van der Waals surface area contributed by atoms with Gasteiger partial charge in [0.1, 0.15) is 30.2 Å². The van der Waals surface area contributed by atoms with Crippen LogP contribution in [-0.4, -0.2) is 142 Å². The summed E-state index contributed by atoms with van der Waals surface area (Å²) in [5.41, 5.74) is 5.83. The molecule has 6 amide bonds. The number of nitrogens with zero attached hydrogens (tertiary/aromatic N) is 2. The number of aliphatic hydroxyl groups is 2. The third kappa shape index (κ3) is 15.2. The Kier molecular flexibility index (Phi) is 18.5. The number of amides is 6. The van der Waals surface area contributed by atoms with E-state index in [4.69, 9.17) is 27.9 Å². The van der Waals surface area contributed by atoms with E-state index in [0.717, 1.165) is 6.92 Å². The molecule has 1 aromatic rings. The Bertz CT molecular complexity index is 1440. The summed E-state index contributed by atoms with van der Waals surface area (Å²) in [7, 11) is 0.353. The van der Waals surface area contributed by atoms with Gasteiger partial charge in [0.25, 0.3) is 8.05 Å². The molecule has 0 bridgehead atoms. The van der Waals surface area contributed by atoms with Crippen LogP contribution < -0.4 is 27.0 Å². The second kappa shape index (κ2) is 21.7. The molecule has 1 aliphatic rings. The molecule has 296 valence electrons. The lowest BCUT2D eigenvalue weighted by molar-refractivity contribution is -0.138. The van der Waals surface area contributed by atoms with Crippen LogP contribution in [0, 0.1) is 5.92 Å². The summed E-state index contributed by atoms with van der Waals surface area (Å²) in [5, 5.41) is 28.2. The normalized spacial score (nSPS) is 18.9. The molecule has 2 radical (unpaired) electrons. The van der Waals surface area contributed by atoms with Crippen molar-refractivity contribution in [3.63, 3.8) is 0 Å². The first kappa shape index (κ1) is 45.2. The monoisotopic (exact) mass is 772 g/mol. The minimum Gasteiger partial charge on any atom is -0.445 e. The van der Waals surface area contributed by atoms with Crippen LogP contribution in [0.2, 0.25) is 0 Å². The Morgan fingerprint density at radius 2 is 1.72 bits per heavy atom. The SMILES string of the molecule is [B]OC[C@H](NC(=O)[C@H](Cc1cnc[nH]1)NC(=O)[C@H](CC(C)C)NC(=O)[C@@H]1CCCN1C(C)=O)C(=O)N[C@H](C(N)=O)[C@@H](C)OP(=O)(O)OCC[C@H](O)CO. The largest absolute Gasteiger partial charge is 0.472 e. The Hall–Kier alpha value is -3.92. The highest BCUT2D eigenvalue weighted by molar-refractivity contribution is 7.47. The number of aromatic amines is 1. The van der Waals surface area contributed by atoms with Crippen LogP contribution >= 0.6 is 7.82 Å². The minimum atomic E-state index is -4.86. The van der Waals surface area contributed by atoms with E-state index >= 15 is 0 Å². The van der Waals surface area contributed by atoms with Gasteiger partial charge in [-0.05, 0) is 38.5 Å². The van der Waals surface area contributed by atoms with Crippen molar-refractivity contribution in [2.24, 2.45) is 11.7 Å². The van der Waals surface area contributed by atoms with Gasteiger partial charge in [-0.3, -0.25) is 37.8 Å². The number of phosphoric acid groups is 1. The molecule has 1 saturated heterocycles. The van der Waals surface area contributed by atoms with Crippen molar-refractivity contribution in [2.75, 3.05) is 26.4 Å². The number of hydrogen-bond donors (Lipinski definition) is 9. The number of carbonyl (C=O) groups is 6. The third-order valence-corrected chi connectivity index (χ3v) is 9.20. The molecule has 2 heterocycles. The first-order valence-corrected chi connectivity index (χ1v) is 18.4. The van der Waals surface area contributed by atoms with E-state index in [1.807, 2.05) is 13.8 Å². The number of primary amides is 1. The van der Waals surface area contributed by atoms with E-state index in [-0.39, 0.29) is 31.1 Å². The maximum Gasteiger partial charge on any atom is 0.472 e. The zero-order valence-corrected chi connectivity index (χ0v) is 31.0. The molecule has 1 unspecified atom stereocenters. The standard InChI is InChI=1S/C30H50BN8O13P/c1-16(2)10-21(36-30(47)24-6-5-8-39(24)18(4)41)27(44)35-22(11-19-12-33-15-34-19)28(45)37-23(14-50-31)29(46)38-25(26(32)43)17(3)52-53(48,49)51-9-7-20(42)13-40/h12,15-17,20-25,40,42H,5-11,13-14H2,1-4H3,(H2,32,43)(H,33,34)(H,35,44)(H,36,47)(H,37,45)(H,38,46)(H,48,49)/t17-,20+,21+,22+,23+,24+,25+/m1/s1. The van der Waals surface area contributed by atoms with Gasteiger partial charge in [0.05, 0.1) is 38.4 Å². The Labute approximate surface area is 307 Å². The third-order valence-electron chi connectivity index (χ3n) is 8.10. The molecular formula is C30H50BN8O13P. The average molecular weight is 773 g/mol. The van der Waals surface area contributed by atoms with Crippen LogP contribution in [0.25, 0.3) is 0 Å². The van der Waals surface area contributed by atoms with E-state index in [0.29, 0.717) is 25.1 Å². The number of H-pyrrole nitrogens is 1. The number of nitrogens with one attached hydrogen (secondary N) is 5. The highest BCUT2D eigenvalue weighted by Gasteiger charge is 2.38. The topological polar surface area (TPSA) is 314 Å². The number of aliphatic hydroxyl groups excluding tert-OH is 2. The van der Waals surface area contributed by atoms with Gasteiger partial charge in [-0.2, -0.15) is 0 Å². The fourth-order valence-corrected chi connectivity index (χ4v) is 6.35. The lowest BCUT2D eigenvalue weighted by atomic mass is 10.0. The van der Waals surface area contributed by atoms with Crippen molar-refractivity contribution in [3.8, 4) is 0 Å². The van der Waals surface area contributed by atoms with Crippen molar-refractivity contribution in [3.05, 3.63) is 18.2 Å². The first-order valence-electron chi connectivity index (χ1n) is 16.9. The zero-order chi connectivity index (χ0) is 39.9. The Morgan fingerprint density at radius 3 is 2.28 bits per heavy atom. The van der Waals surface area contributed by atoms with Gasteiger partial charge >= 0.3 is 7.82 Å². The average Bonchev–Trinajstić information content (AvgIpc) is 3.78. The number of hydrogen-bond acceptors (Lipinski definition) is 13. The lowest BCUT2D eigenvalue weighted by Crippen LogP contribution is -2.61. The summed E-state index contributed by atoms with van der Waals surface area (Å²) in [4.78, 5) is 96.5. The first-order chi connectivity index (χ1) is 24.9. The molecule has 23 heteroatoms. The van der Waals surface area contributed by atoms with E-state index < -0.39 is 99.6 Å². The van der Waals surface area contributed by atoms with Crippen LogP contribution in [0.1, 0.15) is 59.1 Å². The maximum atomic E-state index is 13.7. The molecule has 8 atom stereocenters. The van der Waals surface area contributed by atoms with Crippen molar-refractivity contribution < 1.29 is 62.1 Å². The van der Waals surface area contributed by atoms with Crippen LogP contribution in [0.15, 0.2) is 12.5 Å². The summed E-state index contributed by atoms with van der Waals surface area (Å²) in [6.45, 7) is 4.77. The summed E-state index contributed by atoms with van der Waals surface area (Å²) >= 11 is 0. The number of nitrogens with two attached hydrogens (primary N) is 1. The van der Waals surface area contributed by atoms with Crippen LogP contribution in [-0.2, 0) is 53.5 Å². The van der Waals surface area contributed by atoms with Crippen molar-refractivity contribution in [2.45, 2.75) is 102 Å². The van der Waals surface area contributed by atoms with Crippen LogP contribution in [0.4, 0.5) is 0 Å². The quantitative estimate of drug-likeness (QED) is 0.0391. The molecule has 1 aromatic heterocycles. The van der Waals surface area contributed by atoms with Gasteiger partial charge in [0, 0.05) is 31.8 Å². The predicted molar refractivity (Wildman–Crippen MR) is 185 cm³/mol. The van der Waals surface area contributed by atoms with Crippen LogP contribution in [0.3, 0.4) is 0 Å². The Balaban J connectivity index is 2.23. The van der Waals surface area contributed by atoms with Crippen molar-refractivity contribution >= 4 is 51.3 Å². The fraction of sp³-hybridized carbons (Fsp3) is 0.700. The smallest absolute Gasteiger partial charge is 0.445 e. The summed E-state index contributed by atoms with van der Waals surface area (Å²) in [6.07, 6.45) is 0.795. The molecule has 21 nitrogen and oxygen atoms in total. The number of imidazole rings is 1. The zero-order valence-electron chi connectivity index (χ0n) is 30.1. The predicted octanol–water partition coefficient (Wildman–Crippen LogP) is -3.20. The molecule has 1 aliphatic heterocycles. The number of likely N-dealkylation sites (tertiary alicyclic amines) is 1. The van der Waals surface area contributed by atoms with Gasteiger partial charge in [0.2, 0.25) is 35.4 Å². The van der Waals surface area contributed by atoms with Gasteiger partial charge in [-0.15, -0.1) is 0 Å². The fourth-order valence-electron chi connectivity index (χ4n) is 5.41. The second-order valence-corrected chi connectivity index (χ2v) is 14.3. The van der Waals surface area contributed by atoms with Gasteiger partial charge < -0.3 is 56.6 Å². The molecule has 0 spiro atoms. The molecule has 0 aliphatic carbocycles. The maximum absolute atomic E-state index is 13.7. The summed E-state index contributed by atoms with van der Waals surface area (Å²) in [5.74, 6) is -4.81. The summed E-state index contributed by atoms with van der Waals surface area (Å²) in [6, 6.07) is -6.62. The van der Waals surface area contributed by atoms with Crippen LogP contribution in [0.5, 0.6) is 0 Å². The van der Waals surface area contributed by atoms with Gasteiger partial charge in [-0.25, -0.2) is 9.55 Å². The van der Waals surface area contributed by atoms with Gasteiger partial charge in [0.15, 0.2) is 0 Å². The lowest BCUT2D eigenvalue weighted by Gasteiger charge is -2.29. The van der Waals surface area contributed by atoms with E-state index in [1.165, 1.54) is 24.3 Å². The van der Waals surface area contributed by atoms with E-state index in [1.54, 1.807) is 0 Å². The molecule has 1 fully saturated rings. The minimum absolute atomic E-state index is 0.0803. The molecular weight excluding hydrogens is 722 g/mol. The molecule has 53 heavy (non-hydrogen) atoms. The van der Waals surface area contributed by atoms with E-state index in [9.17, 15) is 43.3 Å². The van der Waals surface area contributed by atoms with E-state index in [2.05, 4.69) is 35.9 Å². The molecule has 0 saturated carbocycles. The number of carbonyl (C=O) groups excluding carboxylic acids is 6. The highest BCUT2D eigenvalue weighted by Crippen LogP contribution is 2.45. The number of phosphoric ester groups is 1. The number of rotatable bonds is 23. The van der Waals surface area contributed by atoms with Crippen molar-refractivity contribution in [1.82, 2.24) is 36.1 Å².